The second-order valence-corrected chi connectivity index (χ2v) is 3.10. The van der Waals surface area contributed by atoms with Gasteiger partial charge in [-0.05, 0) is 13.8 Å². The van der Waals surface area contributed by atoms with E-state index in [9.17, 15) is 9.90 Å². The van der Waals surface area contributed by atoms with E-state index < -0.39 is 24.2 Å². The van der Waals surface area contributed by atoms with E-state index in [1.807, 2.05) is 0 Å². The Morgan fingerprint density at radius 2 is 2.17 bits per heavy atom. The molecule has 4 N–H and O–H groups in total. The fourth-order valence-corrected chi connectivity index (χ4v) is 0.516. The van der Waals surface area contributed by atoms with Gasteiger partial charge >= 0.3 is 5.97 Å². The summed E-state index contributed by atoms with van der Waals surface area (Å²) in [5.74, 6) is -0.983. The van der Waals surface area contributed by atoms with Gasteiger partial charge in [0.15, 0.2) is 0 Å². The zero-order valence-corrected chi connectivity index (χ0v) is 7.24. The van der Waals surface area contributed by atoms with Crippen molar-refractivity contribution in [3.8, 4) is 0 Å². The molecular formula is C7H15NO4. The van der Waals surface area contributed by atoms with Gasteiger partial charge in [0.2, 0.25) is 0 Å². The van der Waals surface area contributed by atoms with Crippen LogP contribution in [0.25, 0.3) is 0 Å². The topological polar surface area (TPSA) is 89.8 Å². The molecule has 0 aromatic carbocycles. The summed E-state index contributed by atoms with van der Waals surface area (Å²) in [6.07, 6.45) is 0. The van der Waals surface area contributed by atoms with Gasteiger partial charge in [0.1, 0.15) is 6.04 Å². The fraction of sp³-hybridized carbons (Fsp3) is 0.857. The molecule has 0 heterocycles. The van der Waals surface area contributed by atoms with E-state index >= 15 is 0 Å². The molecule has 0 aliphatic heterocycles. The number of carboxylic acid groups (broad SMARTS) is 1. The van der Waals surface area contributed by atoms with Crippen molar-refractivity contribution >= 4 is 5.97 Å². The zero-order valence-electron chi connectivity index (χ0n) is 7.24. The van der Waals surface area contributed by atoms with Crippen LogP contribution in [0.4, 0.5) is 0 Å². The van der Waals surface area contributed by atoms with Crippen LogP contribution in [0.15, 0.2) is 0 Å². The van der Waals surface area contributed by atoms with E-state index in [1.165, 1.54) is 13.8 Å². The van der Waals surface area contributed by atoms with Crippen molar-refractivity contribution in [2.75, 3.05) is 13.2 Å². The van der Waals surface area contributed by atoms with Crippen LogP contribution < -0.4 is 5.32 Å². The first kappa shape index (κ1) is 11.4. The number of aliphatic carboxylic acids is 1. The molecule has 0 radical (unpaired) electrons. The van der Waals surface area contributed by atoms with Crippen molar-refractivity contribution in [2.24, 2.45) is 0 Å². The van der Waals surface area contributed by atoms with Crippen molar-refractivity contribution in [2.45, 2.75) is 25.5 Å². The molecule has 72 valence electrons. The molecule has 0 saturated carbocycles. The predicted molar refractivity (Wildman–Crippen MR) is 42.8 cm³/mol. The van der Waals surface area contributed by atoms with Gasteiger partial charge in [0.05, 0.1) is 12.2 Å². The third-order valence-electron chi connectivity index (χ3n) is 1.50. The quantitative estimate of drug-likeness (QED) is 0.423. The maximum Gasteiger partial charge on any atom is 0.320 e. The molecule has 2 unspecified atom stereocenters. The minimum absolute atomic E-state index is 0.0525. The van der Waals surface area contributed by atoms with Gasteiger partial charge < -0.3 is 20.6 Å². The monoisotopic (exact) mass is 177 g/mol. The molecule has 0 aromatic heterocycles. The number of rotatable bonds is 5. The number of hydrogen-bond donors (Lipinski definition) is 4. The maximum absolute atomic E-state index is 10.3. The summed E-state index contributed by atoms with van der Waals surface area (Å²) in [6, 6.07) is -0.719. The Balaban J connectivity index is 3.75. The fourth-order valence-electron chi connectivity index (χ4n) is 0.516. The van der Waals surface area contributed by atoms with E-state index in [4.69, 9.17) is 10.2 Å². The Bertz CT molecular complexity index is 157. The van der Waals surface area contributed by atoms with Crippen molar-refractivity contribution in [3.63, 3.8) is 0 Å². The van der Waals surface area contributed by atoms with Crippen molar-refractivity contribution in [3.05, 3.63) is 0 Å². The third kappa shape index (κ3) is 4.27. The molecule has 0 bridgehead atoms. The van der Waals surface area contributed by atoms with Gasteiger partial charge in [-0.3, -0.25) is 4.79 Å². The normalized spacial score (nSPS) is 18.3. The van der Waals surface area contributed by atoms with Crippen LogP contribution in [0.2, 0.25) is 0 Å². The molecule has 0 saturated heterocycles. The smallest absolute Gasteiger partial charge is 0.320 e. The van der Waals surface area contributed by atoms with E-state index in [1.54, 1.807) is 0 Å². The molecule has 2 atom stereocenters. The highest BCUT2D eigenvalue weighted by Gasteiger charge is 2.21. The number of aliphatic hydroxyl groups is 2. The summed E-state index contributed by atoms with van der Waals surface area (Å²) in [5, 5.41) is 28.9. The molecule has 5 nitrogen and oxygen atoms in total. The summed E-state index contributed by atoms with van der Waals surface area (Å²) in [5.41, 5.74) is -1.26. The first-order valence-electron chi connectivity index (χ1n) is 3.68. The molecule has 0 aliphatic rings. The largest absolute Gasteiger partial charge is 0.480 e. The molecule has 0 amide bonds. The van der Waals surface area contributed by atoms with E-state index in [2.05, 4.69) is 5.32 Å². The minimum atomic E-state index is -1.26. The van der Waals surface area contributed by atoms with Gasteiger partial charge in [-0.25, -0.2) is 0 Å². The molecule has 5 heteroatoms. The van der Waals surface area contributed by atoms with Gasteiger partial charge in [0.25, 0.3) is 0 Å². The summed E-state index contributed by atoms with van der Waals surface area (Å²) < 4.78 is 0. The highest BCUT2D eigenvalue weighted by molar-refractivity contribution is 5.72. The molecule has 0 fully saturated rings. The van der Waals surface area contributed by atoms with E-state index in [0.717, 1.165) is 0 Å². The van der Waals surface area contributed by atoms with Gasteiger partial charge in [0, 0.05) is 6.54 Å². The zero-order chi connectivity index (χ0) is 9.78. The van der Waals surface area contributed by atoms with Gasteiger partial charge in [-0.1, -0.05) is 0 Å². The van der Waals surface area contributed by atoms with Crippen LogP contribution in [-0.2, 0) is 4.79 Å². The lowest BCUT2D eigenvalue weighted by Crippen LogP contribution is -2.46. The van der Waals surface area contributed by atoms with Crippen LogP contribution in [-0.4, -0.2) is 46.1 Å². The average Bonchev–Trinajstić information content (AvgIpc) is 2.00. The maximum atomic E-state index is 10.3. The Morgan fingerprint density at radius 3 is 2.50 bits per heavy atom. The van der Waals surface area contributed by atoms with Gasteiger partial charge in [-0.2, -0.15) is 0 Å². The van der Waals surface area contributed by atoms with Crippen LogP contribution in [0.5, 0.6) is 0 Å². The number of aliphatic hydroxyl groups excluding tert-OH is 1. The third-order valence-corrected chi connectivity index (χ3v) is 1.50. The highest BCUT2D eigenvalue weighted by Crippen LogP contribution is 1.99. The number of carboxylic acids is 1. The minimum Gasteiger partial charge on any atom is -0.480 e. The van der Waals surface area contributed by atoms with Crippen LogP contribution >= 0.6 is 0 Å². The van der Waals surface area contributed by atoms with Crippen molar-refractivity contribution in [1.82, 2.24) is 5.32 Å². The van der Waals surface area contributed by atoms with E-state index in [-0.39, 0.29) is 6.54 Å². The Labute approximate surface area is 71.0 Å². The number of nitrogens with one attached hydrogen (secondary N) is 1. The standard InChI is InChI=1S/C7H15NO4/c1-5(6(10)11)8-3-7(2,12)4-9/h5,8-9,12H,3-4H2,1-2H3,(H,10,11). The Morgan fingerprint density at radius 1 is 1.67 bits per heavy atom. The SMILES string of the molecule is CC(NCC(C)(O)CO)C(=O)O. The first-order valence-corrected chi connectivity index (χ1v) is 3.68. The summed E-state index contributed by atoms with van der Waals surface area (Å²) in [4.78, 5) is 10.3. The highest BCUT2D eigenvalue weighted by atomic mass is 16.4. The Kier molecular flexibility index (Phi) is 4.16. The lowest BCUT2D eigenvalue weighted by molar-refractivity contribution is -0.139. The van der Waals surface area contributed by atoms with Crippen LogP contribution in [0.3, 0.4) is 0 Å². The summed E-state index contributed by atoms with van der Waals surface area (Å²) in [7, 11) is 0. The van der Waals surface area contributed by atoms with Gasteiger partial charge in [-0.15, -0.1) is 0 Å². The first-order chi connectivity index (χ1) is 5.39. The molecular weight excluding hydrogens is 162 g/mol. The molecule has 0 aliphatic carbocycles. The van der Waals surface area contributed by atoms with Crippen LogP contribution in [0.1, 0.15) is 13.8 Å². The average molecular weight is 177 g/mol. The number of hydrogen-bond acceptors (Lipinski definition) is 4. The molecule has 0 rings (SSSR count). The van der Waals surface area contributed by atoms with Crippen LogP contribution in [0, 0.1) is 0 Å². The molecule has 0 aromatic rings. The number of carbonyl (C=O) groups is 1. The second kappa shape index (κ2) is 4.39. The lowest BCUT2D eigenvalue weighted by atomic mass is 10.1. The van der Waals surface area contributed by atoms with E-state index in [0.29, 0.717) is 0 Å². The Hall–Kier alpha value is -0.650. The van der Waals surface area contributed by atoms with Crippen molar-refractivity contribution in [1.29, 1.82) is 0 Å². The molecule has 0 spiro atoms. The van der Waals surface area contributed by atoms with Crippen molar-refractivity contribution < 1.29 is 20.1 Å². The summed E-state index contributed by atoms with van der Waals surface area (Å²) >= 11 is 0. The predicted octanol–water partition coefficient (Wildman–Crippen LogP) is -1.21. The summed E-state index contributed by atoms with van der Waals surface area (Å²) in [6.45, 7) is 2.55. The molecule has 12 heavy (non-hydrogen) atoms. The second-order valence-electron chi connectivity index (χ2n) is 3.10. The lowest BCUT2D eigenvalue weighted by Gasteiger charge is -2.22.